The molecule has 0 aliphatic rings. The van der Waals surface area contributed by atoms with Crippen molar-refractivity contribution >= 4 is 33.5 Å². The molecule has 72 valence electrons. The van der Waals surface area contributed by atoms with E-state index >= 15 is 0 Å². The van der Waals surface area contributed by atoms with Crippen LogP contribution in [0, 0.1) is 0 Å². The summed E-state index contributed by atoms with van der Waals surface area (Å²) in [7, 11) is 0. The lowest BCUT2D eigenvalue weighted by molar-refractivity contribution is 0.442. The van der Waals surface area contributed by atoms with Gasteiger partial charge in [-0.25, -0.2) is 0 Å². The fourth-order valence-electron chi connectivity index (χ4n) is 0.686. The first kappa shape index (κ1) is 10.7. The molecule has 0 atom stereocenters. The molecule has 0 radical (unpaired) electrons. The van der Waals surface area contributed by atoms with Crippen molar-refractivity contribution < 1.29 is 0 Å². The molecule has 1 heterocycles. The van der Waals surface area contributed by atoms with E-state index in [1.165, 1.54) is 0 Å². The summed E-state index contributed by atoms with van der Waals surface area (Å²) in [6.07, 6.45) is 1.83. The van der Waals surface area contributed by atoms with Crippen LogP contribution in [0.4, 0.5) is 0 Å². The highest BCUT2D eigenvalue weighted by molar-refractivity contribution is 9.10. The van der Waals surface area contributed by atoms with Crippen LogP contribution in [0.3, 0.4) is 0 Å². The summed E-state index contributed by atoms with van der Waals surface area (Å²) < 4.78 is 1.11. The smallest absolute Gasteiger partial charge is 0.0640 e. The molecule has 1 rings (SSSR count). The van der Waals surface area contributed by atoms with Crippen molar-refractivity contribution in [3.05, 3.63) is 20.8 Å². The van der Waals surface area contributed by atoms with Gasteiger partial charge in [0, 0.05) is 20.3 Å². The zero-order chi connectivity index (χ0) is 9.90. The molecule has 0 aliphatic carbocycles. The van der Waals surface area contributed by atoms with Crippen molar-refractivity contribution in [3.8, 4) is 0 Å². The van der Waals surface area contributed by atoms with Gasteiger partial charge in [0.15, 0.2) is 0 Å². The van der Waals surface area contributed by atoms with E-state index < -0.39 is 0 Å². The highest BCUT2D eigenvalue weighted by Crippen LogP contribution is 2.17. The predicted octanol–water partition coefficient (Wildman–Crippen LogP) is 3.23. The molecule has 0 unspecified atom stereocenters. The van der Waals surface area contributed by atoms with Gasteiger partial charge in [0.05, 0.1) is 6.21 Å². The molecular formula is C9H13BrN2S. The van der Waals surface area contributed by atoms with Gasteiger partial charge in [-0.15, -0.1) is 11.3 Å². The molecule has 0 saturated carbocycles. The molecule has 1 aromatic heterocycles. The molecule has 1 N–H and O–H groups in total. The van der Waals surface area contributed by atoms with Crippen LogP contribution < -0.4 is 5.43 Å². The molecule has 2 nitrogen and oxygen atoms in total. The SMILES string of the molecule is CC(C)(C)N/N=C/c1cc(Br)cs1. The standard InChI is InChI=1S/C9H13BrN2S/c1-9(2,3)12-11-5-8-4-7(10)6-13-8/h4-6,12H,1-3H3/b11-5+. The Labute approximate surface area is 91.2 Å². The quantitative estimate of drug-likeness (QED) is 0.641. The summed E-state index contributed by atoms with van der Waals surface area (Å²) >= 11 is 5.06. The fourth-order valence-corrected chi connectivity index (χ4v) is 1.99. The minimum atomic E-state index is 0.0327. The highest BCUT2D eigenvalue weighted by Gasteiger charge is 2.05. The fraction of sp³-hybridized carbons (Fsp3) is 0.444. The third-order valence-corrected chi connectivity index (χ3v) is 2.81. The maximum Gasteiger partial charge on any atom is 0.0640 e. The monoisotopic (exact) mass is 260 g/mol. The van der Waals surface area contributed by atoms with Gasteiger partial charge < -0.3 is 5.43 Å². The Bertz CT molecular complexity index is 299. The summed E-state index contributed by atoms with van der Waals surface area (Å²) in [5.74, 6) is 0. The van der Waals surface area contributed by atoms with Crippen LogP contribution in [-0.2, 0) is 0 Å². The van der Waals surface area contributed by atoms with Gasteiger partial charge >= 0.3 is 0 Å². The van der Waals surface area contributed by atoms with Gasteiger partial charge in [0.1, 0.15) is 0 Å². The largest absolute Gasteiger partial charge is 0.305 e. The van der Waals surface area contributed by atoms with Crippen LogP contribution in [0.15, 0.2) is 21.0 Å². The number of hydrogen-bond donors (Lipinski definition) is 1. The van der Waals surface area contributed by atoms with Crippen molar-refractivity contribution in [1.82, 2.24) is 5.43 Å². The summed E-state index contributed by atoms with van der Waals surface area (Å²) in [6, 6.07) is 2.04. The summed E-state index contributed by atoms with van der Waals surface area (Å²) in [6.45, 7) is 6.23. The minimum Gasteiger partial charge on any atom is -0.305 e. The second kappa shape index (κ2) is 4.24. The number of halogens is 1. The molecular weight excluding hydrogens is 248 g/mol. The number of hydrogen-bond acceptors (Lipinski definition) is 3. The average Bonchev–Trinajstić information content (AvgIpc) is 2.33. The summed E-state index contributed by atoms with van der Waals surface area (Å²) in [5, 5.41) is 6.18. The van der Waals surface area contributed by atoms with Crippen molar-refractivity contribution in [3.63, 3.8) is 0 Å². The first-order valence-corrected chi connectivity index (χ1v) is 5.69. The van der Waals surface area contributed by atoms with Crippen molar-refractivity contribution in [2.75, 3.05) is 0 Å². The number of rotatable bonds is 2. The zero-order valence-electron chi connectivity index (χ0n) is 7.97. The second-order valence-electron chi connectivity index (χ2n) is 3.79. The maximum absolute atomic E-state index is 4.14. The Morgan fingerprint density at radius 3 is 2.69 bits per heavy atom. The Hall–Kier alpha value is -0.350. The predicted molar refractivity (Wildman–Crippen MR) is 62.5 cm³/mol. The third kappa shape index (κ3) is 4.43. The topological polar surface area (TPSA) is 24.4 Å². The molecule has 0 aromatic carbocycles. The van der Waals surface area contributed by atoms with Crippen molar-refractivity contribution in [2.24, 2.45) is 5.10 Å². The molecule has 4 heteroatoms. The molecule has 0 saturated heterocycles. The third-order valence-electron chi connectivity index (χ3n) is 1.18. The summed E-state index contributed by atoms with van der Waals surface area (Å²) in [4.78, 5) is 1.14. The first-order chi connectivity index (χ1) is 5.97. The van der Waals surface area contributed by atoms with Gasteiger partial charge in [0.2, 0.25) is 0 Å². The lowest BCUT2D eigenvalue weighted by Gasteiger charge is -2.16. The van der Waals surface area contributed by atoms with E-state index in [-0.39, 0.29) is 5.54 Å². The Balaban J connectivity index is 2.50. The van der Waals surface area contributed by atoms with E-state index in [0.29, 0.717) is 0 Å². The number of thiophene rings is 1. The van der Waals surface area contributed by atoms with Crippen LogP contribution in [0.2, 0.25) is 0 Å². The van der Waals surface area contributed by atoms with E-state index in [9.17, 15) is 0 Å². The molecule has 0 bridgehead atoms. The molecule has 0 spiro atoms. The number of nitrogens with zero attached hydrogens (tertiary/aromatic N) is 1. The highest BCUT2D eigenvalue weighted by atomic mass is 79.9. The minimum absolute atomic E-state index is 0.0327. The lowest BCUT2D eigenvalue weighted by atomic mass is 10.1. The Morgan fingerprint density at radius 2 is 2.23 bits per heavy atom. The Morgan fingerprint density at radius 1 is 1.54 bits per heavy atom. The van der Waals surface area contributed by atoms with Gasteiger partial charge in [-0.2, -0.15) is 5.10 Å². The van der Waals surface area contributed by atoms with Crippen LogP contribution >= 0.6 is 27.3 Å². The Kier molecular flexibility index (Phi) is 3.50. The van der Waals surface area contributed by atoms with Crippen LogP contribution in [-0.4, -0.2) is 11.8 Å². The van der Waals surface area contributed by atoms with Crippen LogP contribution in [0.25, 0.3) is 0 Å². The van der Waals surface area contributed by atoms with E-state index in [0.717, 1.165) is 9.35 Å². The molecule has 0 aliphatic heterocycles. The first-order valence-electron chi connectivity index (χ1n) is 4.02. The number of nitrogens with one attached hydrogen (secondary N) is 1. The molecule has 1 aromatic rings. The van der Waals surface area contributed by atoms with E-state index in [4.69, 9.17) is 0 Å². The van der Waals surface area contributed by atoms with Gasteiger partial charge in [-0.3, -0.25) is 0 Å². The van der Waals surface area contributed by atoms with Gasteiger partial charge in [0.25, 0.3) is 0 Å². The summed E-state index contributed by atoms with van der Waals surface area (Å²) in [5.41, 5.74) is 3.07. The average molecular weight is 261 g/mol. The van der Waals surface area contributed by atoms with E-state index in [1.807, 2.05) is 17.7 Å². The van der Waals surface area contributed by atoms with E-state index in [1.54, 1.807) is 11.3 Å². The molecule has 0 amide bonds. The van der Waals surface area contributed by atoms with Gasteiger partial charge in [-0.1, -0.05) is 0 Å². The molecule has 13 heavy (non-hydrogen) atoms. The van der Waals surface area contributed by atoms with Crippen LogP contribution in [0.5, 0.6) is 0 Å². The normalized spacial score (nSPS) is 12.3. The van der Waals surface area contributed by atoms with Crippen molar-refractivity contribution in [1.29, 1.82) is 0 Å². The zero-order valence-corrected chi connectivity index (χ0v) is 10.4. The molecule has 0 fully saturated rings. The van der Waals surface area contributed by atoms with Gasteiger partial charge in [-0.05, 0) is 42.8 Å². The lowest BCUT2D eigenvalue weighted by Crippen LogP contribution is -2.31. The van der Waals surface area contributed by atoms with Crippen LogP contribution in [0.1, 0.15) is 25.6 Å². The van der Waals surface area contributed by atoms with Crippen molar-refractivity contribution in [2.45, 2.75) is 26.3 Å². The second-order valence-corrected chi connectivity index (χ2v) is 5.65. The number of hydrazone groups is 1. The maximum atomic E-state index is 4.14. The van der Waals surface area contributed by atoms with E-state index in [2.05, 4.69) is 47.2 Å².